The summed E-state index contributed by atoms with van der Waals surface area (Å²) in [5.41, 5.74) is 1.44. The maximum atomic E-state index is 12.3. The average Bonchev–Trinajstić information content (AvgIpc) is 3.26. The van der Waals surface area contributed by atoms with Crippen molar-refractivity contribution in [2.45, 2.75) is 26.3 Å². The van der Waals surface area contributed by atoms with Crippen LogP contribution in [0.5, 0.6) is 0 Å². The molecule has 0 spiro atoms. The van der Waals surface area contributed by atoms with Crippen molar-refractivity contribution in [3.63, 3.8) is 0 Å². The Morgan fingerprint density at radius 1 is 1.29 bits per heavy atom. The summed E-state index contributed by atoms with van der Waals surface area (Å²) in [6.07, 6.45) is 0.842. The summed E-state index contributed by atoms with van der Waals surface area (Å²) in [7, 11) is 0. The smallest absolute Gasteiger partial charge is 0.251 e. The molecule has 1 amide bonds. The molecule has 0 saturated heterocycles. The molecule has 1 N–H and O–H groups in total. The van der Waals surface area contributed by atoms with Gasteiger partial charge >= 0.3 is 0 Å². The molecule has 0 fully saturated rings. The Kier molecular flexibility index (Phi) is 5.00. The first-order chi connectivity index (χ1) is 11.6. The Morgan fingerprint density at radius 2 is 2.17 bits per heavy atom. The second kappa shape index (κ2) is 7.35. The van der Waals surface area contributed by atoms with Crippen LogP contribution in [-0.4, -0.2) is 32.7 Å². The zero-order chi connectivity index (χ0) is 16.9. The molecular weight excluding hydrogens is 322 g/mol. The standard InChI is InChI=1S/C17H19N5OS/c1-12(2)22-16(19-20-21-22)13-5-3-6-14(11-13)17(23)18-9-8-15-7-4-10-24-15/h3-7,10-12H,8-9H2,1-2H3,(H,18,23). The number of nitrogens with one attached hydrogen (secondary N) is 1. The second-order valence-electron chi connectivity index (χ2n) is 5.71. The fraction of sp³-hybridized carbons (Fsp3) is 0.294. The van der Waals surface area contributed by atoms with Crippen LogP contribution in [-0.2, 0) is 6.42 Å². The van der Waals surface area contributed by atoms with Gasteiger partial charge in [-0.25, -0.2) is 4.68 Å². The number of hydrogen-bond acceptors (Lipinski definition) is 5. The molecule has 1 aromatic carbocycles. The highest BCUT2D eigenvalue weighted by molar-refractivity contribution is 7.09. The Bertz CT molecular complexity index is 810. The minimum absolute atomic E-state index is 0.0861. The first kappa shape index (κ1) is 16.3. The maximum absolute atomic E-state index is 12.3. The van der Waals surface area contributed by atoms with Gasteiger partial charge in [0.2, 0.25) is 0 Å². The number of carbonyl (C=O) groups is 1. The molecule has 3 rings (SSSR count). The number of carbonyl (C=O) groups excluding carboxylic acids is 1. The zero-order valence-corrected chi connectivity index (χ0v) is 14.5. The van der Waals surface area contributed by atoms with E-state index in [-0.39, 0.29) is 11.9 Å². The third-order valence-electron chi connectivity index (χ3n) is 3.60. The minimum Gasteiger partial charge on any atom is -0.352 e. The van der Waals surface area contributed by atoms with E-state index in [0.717, 1.165) is 12.0 Å². The van der Waals surface area contributed by atoms with Crippen LogP contribution in [0, 0.1) is 0 Å². The van der Waals surface area contributed by atoms with Gasteiger partial charge in [-0.3, -0.25) is 4.79 Å². The van der Waals surface area contributed by atoms with Crippen LogP contribution in [0.25, 0.3) is 11.4 Å². The summed E-state index contributed by atoms with van der Waals surface area (Å²) in [5, 5.41) is 16.8. The quantitative estimate of drug-likeness (QED) is 0.748. The number of tetrazole rings is 1. The predicted octanol–water partition coefficient (Wildman–Crippen LogP) is 2.96. The van der Waals surface area contributed by atoms with Gasteiger partial charge in [0.15, 0.2) is 5.82 Å². The monoisotopic (exact) mass is 341 g/mol. The SMILES string of the molecule is CC(C)n1nnnc1-c1cccc(C(=O)NCCc2cccs2)c1. The van der Waals surface area contributed by atoms with Crippen LogP contribution in [0.15, 0.2) is 41.8 Å². The number of nitrogens with zero attached hydrogens (tertiary/aromatic N) is 4. The normalized spacial score (nSPS) is 11.0. The molecule has 0 aliphatic heterocycles. The highest BCUT2D eigenvalue weighted by Gasteiger charge is 2.13. The summed E-state index contributed by atoms with van der Waals surface area (Å²) >= 11 is 1.70. The van der Waals surface area contributed by atoms with Gasteiger partial charge in [-0.15, -0.1) is 16.4 Å². The number of rotatable bonds is 6. The lowest BCUT2D eigenvalue weighted by molar-refractivity contribution is 0.0954. The van der Waals surface area contributed by atoms with Gasteiger partial charge in [0.05, 0.1) is 6.04 Å². The molecule has 0 aliphatic carbocycles. The van der Waals surface area contributed by atoms with Crippen molar-refractivity contribution in [3.8, 4) is 11.4 Å². The third-order valence-corrected chi connectivity index (χ3v) is 4.54. The van der Waals surface area contributed by atoms with E-state index in [0.29, 0.717) is 17.9 Å². The Morgan fingerprint density at radius 3 is 2.92 bits per heavy atom. The van der Waals surface area contributed by atoms with Gasteiger partial charge in [0, 0.05) is 22.5 Å². The van der Waals surface area contributed by atoms with E-state index >= 15 is 0 Å². The van der Waals surface area contributed by atoms with Crippen LogP contribution in [0.3, 0.4) is 0 Å². The lowest BCUT2D eigenvalue weighted by Crippen LogP contribution is -2.25. The molecular formula is C17H19N5OS. The Balaban J connectivity index is 1.70. The highest BCUT2D eigenvalue weighted by Crippen LogP contribution is 2.20. The topological polar surface area (TPSA) is 72.7 Å². The van der Waals surface area contributed by atoms with Crippen molar-refractivity contribution < 1.29 is 4.79 Å². The van der Waals surface area contributed by atoms with Crippen molar-refractivity contribution in [1.29, 1.82) is 0 Å². The van der Waals surface area contributed by atoms with Crippen LogP contribution in [0.4, 0.5) is 0 Å². The molecule has 6 nitrogen and oxygen atoms in total. The van der Waals surface area contributed by atoms with E-state index in [2.05, 4.69) is 26.9 Å². The summed E-state index contributed by atoms with van der Waals surface area (Å²) in [4.78, 5) is 13.6. The van der Waals surface area contributed by atoms with E-state index in [1.807, 2.05) is 43.5 Å². The Labute approximate surface area is 144 Å². The predicted molar refractivity (Wildman–Crippen MR) is 94.0 cm³/mol. The molecule has 0 saturated carbocycles. The summed E-state index contributed by atoms with van der Waals surface area (Å²) < 4.78 is 1.74. The molecule has 0 bridgehead atoms. The average molecular weight is 341 g/mol. The lowest BCUT2D eigenvalue weighted by Gasteiger charge is -2.09. The van der Waals surface area contributed by atoms with Crippen molar-refractivity contribution in [1.82, 2.24) is 25.5 Å². The van der Waals surface area contributed by atoms with Crippen molar-refractivity contribution in [2.24, 2.45) is 0 Å². The van der Waals surface area contributed by atoms with Crippen LogP contribution in [0.1, 0.15) is 35.1 Å². The molecule has 0 atom stereocenters. The maximum Gasteiger partial charge on any atom is 0.251 e. The molecule has 7 heteroatoms. The van der Waals surface area contributed by atoms with Gasteiger partial charge in [-0.2, -0.15) is 0 Å². The van der Waals surface area contributed by atoms with Gasteiger partial charge in [-0.05, 0) is 54.3 Å². The fourth-order valence-electron chi connectivity index (χ4n) is 2.39. The second-order valence-corrected chi connectivity index (χ2v) is 6.74. The number of amides is 1. The van der Waals surface area contributed by atoms with E-state index in [1.165, 1.54) is 4.88 Å². The molecule has 2 aromatic heterocycles. The van der Waals surface area contributed by atoms with Gasteiger partial charge in [-0.1, -0.05) is 18.2 Å². The molecule has 124 valence electrons. The minimum atomic E-state index is -0.0861. The van der Waals surface area contributed by atoms with E-state index < -0.39 is 0 Å². The summed E-state index contributed by atoms with van der Waals surface area (Å²) in [6, 6.07) is 11.6. The van der Waals surface area contributed by atoms with Gasteiger partial charge in [0.25, 0.3) is 5.91 Å². The summed E-state index contributed by atoms with van der Waals surface area (Å²) in [5.74, 6) is 0.579. The van der Waals surface area contributed by atoms with E-state index in [9.17, 15) is 4.79 Å². The van der Waals surface area contributed by atoms with Crippen LogP contribution < -0.4 is 5.32 Å². The van der Waals surface area contributed by atoms with Gasteiger partial charge in [0.1, 0.15) is 0 Å². The van der Waals surface area contributed by atoms with E-state index in [4.69, 9.17) is 0 Å². The molecule has 0 radical (unpaired) electrons. The van der Waals surface area contributed by atoms with Crippen molar-refractivity contribution in [3.05, 3.63) is 52.2 Å². The zero-order valence-electron chi connectivity index (χ0n) is 13.6. The fourth-order valence-corrected chi connectivity index (χ4v) is 3.10. The molecule has 3 aromatic rings. The first-order valence-electron chi connectivity index (χ1n) is 7.84. The van der Waals surface area contributed by atoms with Gasteiger partial charge < -0.3 is 5.32 Å². The van der Waals surface area contributed by atoms with Crippen LogP contribution >= 0.6 is 11.3 Å². The number of hydrogen-bond donors (Lipinski definition) is 1. The third kappa shape index (κ3) is 3.68. The van der Waals surface area contributed by atoms with Crippen LogP contribution in [0.2, 0.25) is 0 Å². The van der Waals surface area contributed by atoms with Crippen molar-refractivity contribution >= 4 is 17.2 Å². The highest BCUT2D eigenvalue weighted by atomic mass is 32.1. The first-order valence-corrected chi connectivity index (χ1v) is 8.72. The molecule has 2 heterocycles. The van der Waals surface area contributed by atoms with Crippen molar-refractivity contribution in [2.75, 3.05) is 6.54 Å². The molecule has 0 unspecified atom stereocenters. The number of benzene rings is 1. The largest absolute Gasteiger partial charge is 0.352 e. The molecule has 24 heavy (non-hydrogen) atoms. The molecule has 0 aliphatic rings. The number of aromatic nitrogens is 4. The Hall–Kier alpha value is -2.54. The lowest BCUT2D eigenvalue weighted by atomic mass is 10.1. The van der Waals surface area contributed by atoms with E-state index in [1.54, 1.807) is 22.1 Å². The number of thiophene rings is 1. The summed E-state index contributed by atoms with van der Waals surface area (Å²) in [6.45, 7) is 4.65.